The number of halogens is 1. The van der Waals surface area contributed by atoms with Crippen molar-refractivity contribution in [2.75, 3.05) is 18.7 Å². The number of hydrazine groups is 1. The second-order valence-corrected chi connectivity index (χ2v) is 6.88. The predicted molar refractivity (Wildman–Crippen MR) is 104 cm³/mol. The summed E-state index contributed by atoms with van der Waals surface area (Å²) in [6.07, 6.45) is 2.37. The Bertz CT molecular complexity index is 959. The summed E-state index contributed by atoms with van der Waals surface area (Å²) in [6, 6.07) is 14.3. The van der Waals surface area contributed by atoms with Gasteiger partial charge in [-0.05, 0) is 35.9 Å². The van der Waals surface area contributed by atoms with E-state index in [0.29, 0.717) is 24.5 Å². The molecule has 26 heavy (non-hydrogen) atoms. The number of benzene rings is 2. The Morgan fingerprint density at radius 1 is 1.19 bits per heavy atom. The molecular weight excluding hydrogens is 350 g/mol. The predicted octanol–water partition coefficient (Wildman–Crippen LogP) is 4.26. The highest BCUT2D eigenvalue weighted by Crippen LogP contribution is 2.49. The molecule has 1 aliphatic heterocycles. The van der Waals surface area contributed by atoms with Crippen molar-refractivity contribution in [3.63, 3.8) is 0 Å². The SMILES string of the molecule is COC(=O)CCN(Cc1cc(Cl)cc2c1ccn2C)N1c2ccccc21. The number of hydrogen-bond donors (Lipinski definition) is 0. The van der Waals surface area contributed by atoms with E-state index in [0.717, 1.165) is 11.1 Å². The smallest absolute Gasteiger partial charge is 0.306 e. The van der Waals surface area contributed by atoms with Gasteiger partial charge in [0.15, 0.2) is 0 Å². The highest BCUT2D eigenvalue weighted by molar-refractivity contribution is 6.31. The molecule has 2 aromatic carbocycles. The quantitative estimate of drug-likeness (QED) is 0.480. The van der Waals surface area contributed by atoms with Gasteiger partial charge in [-0.2, -0.15) is 0 Å². The maximum Gasteiger partial charge on any atom is 0.306 e. The standard InChI is InChI=1S/C20H20ClN3O2/c1-22-9-7-16-14(11-15(21)12-19(16)22)13-23(10-8-20(25)26-2)24-17-5-3-4-6-18(17)24/h3-7,9,11-12H,8,10,13H2,1-2H3. The number of carbonyl (C=O) groups excluding carboxylic acids is 1. The molecule has 0 amide bonds. The first-order valence-electron chi connectivity index (χ1n) is 8.53. The maximum absolute atomic E-state index is 11.7. The van der Waals surface area contributed by atoms with Crippen molar-refractivity contribution >= 4 is 39.8 Å². The number of fused-ring (bicyclic) bond motifs is 2. The number of para-hydroxylation sites is 2. The Hall–Kier alpha value is -2.50. The molecule has 4 rings (SSSR count). The van der Waals surface area contributed by atoms with E-state index in [1.165, 1.54) is 23.9 Å². The molecule has 134 valence electrons. The third kappa shape index (κ3) is 3.04. The molecule has 0 saturated heterocycles. The monoisotopic (exact) mass is 369 g/mol. The summed E-state index contributed by atoms with van der Waals surface area (Å²) in [7, 11) is 3.43. The molecule has 0 bridgehead atoms. The number of carbonyl (C=O) groups is 1. The van der Waals surface area contributed by atoms with E-state index in [1.54, 1.807) is 0 Å². The zero-order valence-corrected chi connectivity index (χ0v) is 15.5. The topological polar surface area (TPSA) is 37.5 Å². The highest BCUT2D eigenvalue weighted by Gasteiger charge is 2.34. The lowest BCUT2D eigenvalue weighted by Gasteiger charge is -2.24. The fourth-order valence-corrected chi connectivity index (χ4v) is 3.64. The van der Waals surface area contributed by atoms with Crippen LogP contribution >= 0.6 is 11.6 Å². The first kappa shape index (κ1) is 16.9. The van der Waals surface area contributed by atoms with Crippen LogP contribution in [0.5, 0.6) is 0 Å². The van der Waals surface area contributed by atoms with Gasteiger partial charge in [0.2, 0.25) is 0 Å². The fraction of sp³-hybridized carbons (Fsp3) is 0.250. The number of esters is 1. The van der Waals surface area contributed by atoms with E-state index in [1.807, 2.05) is 37.5 Å². The Labute approximate surface area is 157 Å². The van der Waals surface area contributed by atoms with Crippen LogP contribution in [0.2, 0.25) is 5.02 Å². The fourth-order valence-electron chi connectivity index (χ4n) is 3.40. The van der Waals surface area contributed by atoms with Crippen LogP contribution in [0.1, 0.15) is 12.0 Å². The molecule has 0 radical (unpaired) electrons. The summed E-state index contributed by atoms with van der Waals surface area (Å²) < 4.78 is 6.88. The van der Waals surface area contributed by atoms with E-state index in [2.05, 4.69) is 32.8 Å². The van der Waals surface area contributed by atoms with Crippen molar-refractivity contribution in [2.24, 2.45) is 7.05 Å². The highest BCUT2D eigenvalue weighted by atomic mass is 35.5. The van der Waals surface area contributed by atoms with Crippen LogP contribution in [0, 0.1) is 0 Å². The molecule has 3 aromatic rings. The summed E-state index contributed by atoms with van der Waals surface area (Å²) in [5.41, 5.74) is 4.58. The van der Waals surface area contributed by atoms with Gasteiger partial charge in [0, 0.05) is 42.3 Å². The zero-order chi connectivity index (χ0) is 18.3. The number of ether oxygens (including phenoxy) is 1. The van der Waals surface area contributed by atoms with Gasteiger partial charge < -0.3 is 9.30 Å². The van der Waals surface area contributed by atoms with E-state index in [4.69, 9.17) is 16.3 Å². The summed E-state index contributed by atoms with van der Waals surface area (Å²) in [5, 5.41) is 6.20. The minimum absolute atomic E-state index is 0.211. The molecule has 0 N–H and O–H groups in total. The van der Waals surface area contributed by atoms with Crippen LogP contribution in [-0.2, 0) is 23.1 Å². The first-order chi connectivity index (χ1) is 12.6. The molecule has 0 spiro atoms. The van der Waals surface area contributed by atoms with Crippen LogP contribution in [0.3, 0.4) is 0 Å². The largest absolute Gasteiger partial charge is 0.469 e. The molecular formula is C20H20ClN3O2. The Morgan fingerprint density at radius 2 is 1.92 bits per heavy atom. The molecule has 2 heterocycles. The van der Waals surface area contributed by atoms with Gasteiger partial charge in [-0.15, -0.1) is 0 Å². The number of aromatic nitrogens is 1. The summed E-state index contributed by atoms with van der Waals surface area (Å²) >= 11 is 6.35. The molecule has 0 unspecified atom stereocenters. The van der Waals surface area contributed by atoms with Gasteiger partial charge in [-0.25, -0.2) is 5.01 Å². The lowest BCUT2D eigenvalue weighted by molar-refractivity contribution is -0.141. The van der Waals surface area contributed by atoms with E-state index < -0.39 is 0 Å². The average Bonchev–Trinajstić information content (AvgIpc) is 3.26. The van der Waals surface area contributed by atoms with Crippen molar-refractivity contribution in [1.29, 1.82) is 0 Å². The first-order valence-corrected chi connectivity index (χ1v) is 8.90. The molecule has 5 nitrogen and oxygen atoms in total. The third-order valence-electron chi connectivity index (χ3n) is 4.78. The average molecular weight is 370 g/mol. The molecule has 1 aromatic heterocycles. The molecule has 1 aliphatic rings. The molecule has 0 aliphatic carbocycles. The number of anilines is 2. The van der Waals surface area contributed by atoms with Crippen LogP contribution in [0.25, 0.3) is 10.9 Å². The third-order valence-corrected chi connectivity index (χ3v) is 5.00. The molecule has 0 saturated carbocycles. The lowest BCUT2D eigenvalue weighted by Crippen LogP contribution is -2.33. The van der Waals surface area contributed by atoms with Crippen molar-refractivity contribution in [2.45, 2.75) is 13.0 Å². The van der Waals surface area contributed by atoms with Crippen LogP contribution in [0.15, 0.2) is 48.7 Å². The normalized spacial score (nSPS) is 12.5. The van der Waals surface area contributed by atoms with E-state index >= 15 is 0 Å². The summed E-state index contributed by atoms with van der Waals surface area (Å²) in [4.78, 5) is 11.7. The van der Waals surface area contributed by atoms with Gasteiger partial charge >= 0.3 is 5.97 Å². The Kier molecular flexibility index (Phi) is 4.34. The van der Waals surface area contributed by atoms with Gasteiger partial charge in [0.05, 0.1) is 24.9 Å². The maximum atomic E-state index is 11.7. The van der Waals surface area contributed by atoms with Crippen LogP contribution < -0.4 is 5.01 Å². The Balaban J connectivity index is 1.64. The minimum atomic E-state index is -0.211. The number of methoxy groups -OCH3 is 1. The van der Waals surface area contributed by atoms with Gasteiger partial charge in [-0.3, -0.25) is 9.80 Å². The van der Waals surface area contributed by atoms with Crippen molar-refractivity contribution in [3.05, 3.63) is 59.2 Å². The van der Waals surface area contributed by atoms with Gasteiger partial charge in [0.1, 0.15) is 0 Å². The van der Waals surface area contributed by atoms with Crippen molar-refractivity contribution in [3.8, 4) is 0 Å². The lowest BCUT2D eigenvalue weighted by atomic mass is 10.1. The van der Waals surface area contributed by atoms with Crippen LogP contribution in [0.4, 0.5) is 11.4 Å². The number of aryl methyl sites for hydroxylation is 1. The summed E-state index contributed by atoms with van der Waals surface area (Å²) in [5.74, 6) is -0.211. The van der Waals surface area contributed by atoms with Gasteiger partial charge in [-0.1, -0.05) is 23.7 Å². The number of rotatable bonds is 6. The zero-order valence-electron chi connectivity index (χ0n) is 14.8. The molecule has 0 atom stereocenters. The van der Waals surface area contributed by atoms with E-state index in [-0.39, 0.29) is 5.97 Å². The number of hydrogen-bond acceptors (Lipinski definition) is 4. The second kappa shape index (κ2) is 6.67. The minimum Gasteiger partial charge on any atom is -0.469 e. The van der Waals surface area contributed by atoms with Crippen molar-refractivity contribution in [1.82, 2.24) is 9.58 Å². The van der Waals surface area contributed by atoms with Crippen molar-refractivity contribution < 1.29 is 9.53 Å². The molecule has 6 heteroatoms. The van der Waals surface area contributed by atoms with E-state index in [9.17, 15) is 4.79 Å². The van der Waals surface area contributed by atoms with Gasteiger partial charge in [0.25, 0.3) is 0 Å². The second-order valence-electron chi connectivity index (χ2n) is 6.44. The number of nitrogens with zero attached hydrogens (tertiary/aromatic N) is 3. The van der Waals surface area contributed by atoms with Crippen LogP contribution in [-0.4, -0.2) is 29.2 Å². The molecule has 0 fully saturated rings. The Morgan fingerprint density at radius 3 is 2.62 bits per heavy atom. The summed E-state index contributed by atoms with van der Waals surface area (Å²) in [6.45, 7) is 1.23.